The van der Waals surface area contributed by atoms with E-state index in [-0.39, 0.29) is 11.9 Å². The summed E-state index contributed by atoms with van der Waals surface area (Å²) in [5.74, 6) is 0.403. The van der Waals surface area contributed by atoms with Crippen molar-refractivity contribution < 1.29 is 4.79 Å². The number of rotatable bonds is 5. The first-order valence-electron chi connectivity index (χ1n) is 10.9. The number of aryl methyl sites for hydroxylation is 1. The Labute approximate surface area is 187 Å². The normalized spacial score (nSPS) is 14.3. The largest absolute Gasteiger partial charge is 0.370 e. The number of benzene rings is 2. The lowest BCUT2D eigenvalue weighted by molar-refractivity contribution is 0.0932. The number of carbonyl (C=O) groups excluding carboxylic acids is 1. The SMILES string of the molecule is Cc1cccc2c1cc(C(=O)NCC1CCN(C(=N)N)CC1)n2Cc1cccc(C#N)c1. The molecule has 1 saturated heterocycles. The van der Waals surface area contributed by atoms with E-state index >= 15 is 0 Å². The van der Waals surface area contributed by atoms with E-state index < -0.39 is 0 Å². The summed E-state index contributed by atoms with van der Waals surface area (Å²) in [7, 11) is 0. The fraction of sp³-hybridized carbons (Fsp3) is 0.320. The van der Waals surface area contributed by atoms with Crippen molar-refractivity contribution in [2.75, 3.05) is 19.6 Å². The predicted molar refractivity (Wildman–Crippen MR) is 125 cm³/mol. The van der Waals surface area contributed by atoms with Crippen molar-refractivity contribution >= 4 is 22.8 Å². The number of guanidine groups is 1. The average molecular weight is 429 g/mol. The minimum absolute atomic E-state index is 0.0916. The Morgan fingerprint density at radius 2 is 1.97 bits per heavy atom. The van der Waals surface area contributed by atoms with Crippen LogP contribution >= 0.6 is 0 Å². The lowest BCUT2D eigenvalue weighted by atomic mass is 9.97. The molecule has 1 aromatic heterocycles. The smallest absolute Gasteiger partial charge is 0.267 e. The molecule has 0 bridgehead atoms. The minimum atomic E-state index is -0.0916. The van der Waals surface area contributed by atoms with Crippen LogP contribution in [-0.2, 0) is 6.54 Å². The third-order valence-corrected chi connectivity index (χ3v) is 6.30. The molecular weight excluding hydrogens is 400 g/mol. The maximum absolute atomic E-state index is 13.2. The number of aromatic nitrogens is 1. The van der Waals surface area contributed by atoms with Gasteiger partial charge in [0.2, 0.25) is 0 Å². The fourth-order valence-electron chi connectivity index (χ4n) is 4.42. The highest BCUT2D eigenvalue weighted by atomic mass is 16.1. The standard InChI is InChI=1S/C25H28N6O/c1-17-4-2-7-22-21(17)13-23(31(22)16-20-6-3-5-19(12-20)14-26)24(32)29-15-18-8-10-30(11-9-18)25(27)28/h2-7,12-13,18H,8-11,15-16H2,1H3,(H3,27,28)(H,29,32). The van der Waals surface area contributed by atoms with Gasteiger partial charge in [0.1, 0.15) is 5.69 Å². The van der Waals surface area contributed by atoms with Crippen molar-refractivity contribution in [2.24, 2.45) is 11.7 Å². The highest BCUT2D eigenvalue weighted by Crippen LogP contribution is 2.25. The summed E-state index contributed by atoms with van der Waals surface area (Å²) < 4.78 is 2.03. The summed E-state index contributed by atoms with van der Waals surface area (Å²) in [6.07, 6.45) is 1.81. The summed E-state index contributed by atoms with van der Waals surface area (Å²) in [6.45, 7) is 4.68. The highest BCUT2D eigenvalue weighted by molar-refractivity contribution is 5.99. The lowest BCUT2D eigenvalue weighted by Crippen LogP contribution is -2.44. The van der Waals surface area contributed by atoms with E-state index in [4.69, 9.17) is 11.1 Å². The number of nitrogens with two attached hydrogens (primary N) is 1. The predicted octanol–water partition coefficient (Wildman–Crippen LogP) is 3.20. The van der Waals surface area contributed by atoms with E-state index in [9.17, 15) is 10.1 Å². The molecule has 1 aliphatic heterocycles. The van der Waals surface area contributed by atoms with Gasteiger partial charge in [-0.2, -0.15) is 5.26 Å². The number of piperidine rings is 1. The van der Waals surface area contributed by atoms with Crippen molar-refractivity contribution in [1.82, 2.24) is 14.8 Å². The van der Waals surface area contributed by atoms with Gasteiger partial charge in [0, 0.05) is 37.1 Å². The Bertz CT molecular complexity index is 1200. The number of hydrogen-bond acceptors (Lipinski definition) is 3. The minimum Gasteiger partial charge on any atom is -0.370 e. The quantitative estimate of drug-likeness (QED) is 0.428. The molecule has 4 rings (SSSR count). The molecule has 0 aliphatic carbocycles. The molecule has 2 aromatic carbocycles. The van der Waals surface area contributed by atoms with Gasteiger partial charge in [0.05, 0.1) is 11.6 Å². The second-order valence-corrected chi connectivity index (χ2v) is 8.46. The van der Waals surface area contributed by atoms with E-state index in [1.165, 1.54) is 0 Å². The van der Waals surface area contributed by atoms with Crippen molar-refractivity contribution in [3.8, 4) is 6.07 Å². The van der Waals surface area contributed by atoms with Gasteiger partial charge in [-0.1, -0.05) is 24.3 Å². The molecule has 32 heavy (non-hydrogen) atoms. The second kappa shape index (κ2) is 9.15. The Balaban J connectivity index is 1.55. The van der Waals surface area contributed by atoms with Crippen molar-refractivity contribution in [3.05, 3.63) is 70.9 Å². The van der Waals surface area contributed by atoms with Gasteiger partial charge >= 0.3 is 0 Å². The third-order valence-electron chi connectivity index (χ3n) is 6.30. The van der Waals surface area contributed by atoms with Crippen LogP contribution in [0, 0.1) is 29.6 Å². The van der Waals surface area contributed by atoms with Gasteiger partial charge in [0.15, 0.2) is 5.96 Å². The van der Waals surface area contributed by atoms with E-state index in [1.54, 1.807) is 6.07 Å². The molecule has 0 radical (unpaired) electrons. The summed E-state index contributed by atoms with van der Waals surface area (Å²) in [4.78, 5) is 15.1. The molecule has 1 fully saturated rings. The van der Waals surface area contributed by atoms with Gasteiger partial charge in [-0.25, -0.2) is 0 Å². The molecule has 1 amide bonds. The summed E-state index contributed by atoms with van der Waals surface area (Å²) in [5, 5.41) is 21.0. The van der Waals surface area contributed by atoms with Crippen molar-refractivity contribution in [1.29, 1.82) is 10.7 Å². The molecule has 164 valence electrons. The van der Waals surface area contributed by atoms with Gasteiger partial charge < -0.3 is 20.5 Å². The van der Waals surface area contributed by atoms with Crippen LogP contribution in [0.25, 0.3) is 10.9 Å². The monoisotopic (exact) mass is 428 g/mol. The number of carbonyl (C=O) groups is 1. The van der Waals surface area contributed by atoms with E-state index in [2.05, 4.69) is 11.4 Å². The molecule has 7 heteroatoms. The Morgan fingerprint density at radius 3 is 2.69 bits per heavy atom. The maximum Gasteiger partial charge on any atom is 0.267 e. The Morgan fingerprint density at radius 1 is 1.22 bits per heavy atom. The molecule has 2 heterocycles. The molecule has 0 atom stereocenters. The molecule has 0 saturated carbocycles. The van der Waals surface area contributed by atoms with E-state index in [0.29, 0.717) is 30.3 Å². The molecule has 3 aromatic rings. The zero-order valence-electron chi connectivity index (χ0n) is 18.3. The van der Waals surface area contributed by atoms with Crippen LogP contribution in [0.15, 0.2) is 48.5 Å². The van der Waals surface area contributed by atoms with Crippen LogP contribution in [0.2, 0.25) is 0 Å². The first kappa shape index (κ1) is 21.4. The summed E-state index contributed by atoms with van der Waals surface area (Å²) in [6, 6.07) is 17.7. The van der Waals surface area contributed by atoms with Gasteiger partial charge in [-0.3, -0.25) is 10.2 Å². The van der Waals surface area contributed by atoms with Crippen molar-refractivity contribution in [2.45, 2.75) is 26.3 Å². The third kappa shape index (κ3) is 4.45. The highest BCUT2D eigenvalue weighted by Gasteiger charge is 2.22. The number of likely N-dealkylation sites (tertiary alicyclic amines) is 1. The van der Waals surface area contributed by atoms with E-state index in [0.717, 1.165) is 48.0 Å². The summed E-state index contributed by atoms with van der Waals surface area (Å²) in [5.41, 5.74) is 9.92. The van der Waals surface area contributed by atoms with Crippen molar-refractivity contribution in [3.63, 3.8) is 0 Å². The fourth-order valence-corrected chi connectivity index (χ4v) is 4.42. The Kier molecular flexibility index (Phi) is 6.13. The second-order valence-electron chi connectivity index (χ2n) is 8.46. The van der Waals surface area contributed by atoms with Crippen LogP contribution in [0.5, 0.6) is 0 Å². The maximum atomic E-state index is 13.2. The number of hydrogen-bond donors (Lipinski definition) is 3. The first-order valence-corrected chi connectivity index (χ1v) is 10.9. The van der Waals surface area contributed by atoms with Gasteiger partial charge in [-0.05, 0) is 61.1 Å². The lowest BCUT2D eigenvalue weighted by Gasteiger charge is -2.32. The van der Waals surface area contributed by atoms with Crippen LogP contribution in [0.3, 0.4) is 0 Å². The molecule has 1 aliphatic rings. The molecule has 0 unspecified atom stereocenters. The number of fused-ring (bicyclic) bond motifs is 1. The number of nitriles is 1. The molecule has 0 spiro atoms. The van der Waals surface area contributed by atoms with Crippen LogP contribution in [0.4, 0.5) is 0 Å². The van der Waals surface area contributed by atoms with E-state index in [1.807, 2.05) is 58.9 Å². The molecular formula is C25H28N6O. The van der Waals surface area contributed by atoms with Crippen LogP contribution in [0.1, 0.15) is 40.0 Å². The first-order chi connectivity index (χ1) is 15.5. The van der Waals surface area contributed by atoms with Gasteiger partial charge in [-0.15, -0.1) is 0 Å². The van der Waals surface area contributed by atoms with Crippen LogP contribution in [-0.4, -0.2) is 41.0 Å². The zero-order chi connectivity index (χ0) is 22.7. The summed E-state index contributed by atoms with van der Waals surface area (Å²) >= 11 is 0. The molecule has 7 nitrogen and oxygen atoms in total. The number of nitrogens with one attached hydrogen (secondary N) is 2. The average Bonchev–Trinajstić information content (AvgIpc) is 3.17. The topological polar surface area (TPSA) is 111 Å². The Hall–Kier alpha value is -3.79. The van der Waals surface area contributed by atoms with Gasteiger partial charge in [0.25, 0.3) is 5.91 Å². The zero-order valence-corrected chi connectivity index (χ0v) is 18.3. The number of amides is 1. The number of nitrogens with zero attached hydrogens (tertiary/aromatic N) is 3. The van der Waals surface area contributed by atoms with Crippen LogP contribution < -0.4 is 11.1 Å². The molecule has 4 N–H and O–H groups in total.